The number of carbonyl (C=O) groups excluding carboxylic acids is 1. The monoisotopic (exact) mass is 515 g/mol. The van der Waals surface area contributed by atoms with Crippen molar-refractivity contribution in [2.45, 2.75) is 47.5 Å². The van der Waals surface area contributed by atoms with Crippen LogP contribution in [0.4, 0.5) is 14.5 Å². The maximum absolute atomic E-state index is 13.5. The molecule has 2 aromatic carbocycles. The van der Waals surface area contributed by atoms with Crippen LogP contribution in [0.25, 0.3) is 0 Å². The summed E-state index contributed by atoms with van der Waals surface area (Å²) in [4.78, 5) is 12.4. The van der Waals surface area contributed by atoms with Gasteiger partial charge in [0.05, 0.1) is 27.4 Å². The molecule has 184 valence electrons. The third kappa shape index (κ3) is 4.22. The normalized spacial score (nSPS) is 27.4. The van der Waals surface area contributed by atoms with Crippen molar-refractivity contribution in [2.24, 2.45) is 11.8 Å². The Hall–Kier alpha value is -2.11. The summed E-state index contributed by atoms with van der Waals surface area (Å²) in [7, 11) is -4.02. The second kappa shape index (κ2) is 9.16. The molecule has 2 saturated carbocycles. The average molecular weight is 516 g/mol. The standard InChI is InChI=1S/C23H24ClF2NO6S/c24-17-5-1-12(22(30)27-15-4-6-18(25)19(26)10-15)7-20(17)34(32,33)16-8-13-2-3-14(9-16)23(13,31)21(29)11-28/h1,4-7,10,13-14,16,21,28-29,31H,2-3,8-9,11H2,(H,27,30)/t13?,14?,16?,21-,23?/m0/s1. The Labute approximate surface area is 200 Å². The summed E-state index contributed by atoms with van der Waals surface area (Å²) >= 11 is 6.20. The number of halogens is 3. The van der Waals surface area contributed by atoms with Gasteiger partial charge >= 0.3 is 0 Å². The fourth-order valence-corrected chi connectivity index (χ4v) is 7.71. The van der Waals surface area contributed by atoms with Gasteiger partial charge in [0.2, 0.25) is 0 Å². The molecule has 3 atom stereocenters. The number of carbonyl (C=O) groups is 1. The number of rotatable bonds is 6. The largest absolute Gasteiger partial charge is 0.394 e. The van der Waals surface area contributed by atoms with Crippen molar-refractivity contribution >= 4 is 33.0 Å². The minimum absolute atomic E-state index is 0.00570. The summed E-state index contributed by atoms with van der Waals surface area (Å²) in [6.07, 6.45) is -0.161. The van der Waals surface area contributed by atoms with Gasteiger partial charge in [0.1, 0.15) is 6.10 Å². The van der Waals surface area contributed by atoms with E-state index in [-0.39, 0.29) is 34.0 Å². The van der Waals surface area contributed by atoms with E-state index < -0.39 is 62.8 Å². The first-order valence-corrected chi connectivity index (χ1v) is 12.7. The van der Waals surface area contributed by atoms with Crippen LogP contribution in [0.15, 0.2) is 41.3 Å². The molecule has 7 nitrogen and oxygen atoms in total. The minimum atomic E-state index is -4.02. The molecule has 11 heteroatoms. The van der Waals surface area contributed by atoms with Crippen molar-refractivity contribution in [1.82, 2.24) is 0 Å². The highest BCUT2D eigenvalue weighted by molar-refractivity contribution is 7.92. The van der Waals surface area contributed by atoms with E-state index in [2.05, 4.69) is 5.32 Å². The molecule has 0 spiro atoms. The molecule has 2 aliphatic rings. The third-order valence-electron chi connectivity index (χ3n) is 7.09. The fraction of sp³-hybridized carbons (Fsp3) is 0.435. The number of anilines is 1. The van der Waals surface area contributed by atoms with Gasteiger partial charge in [-0.1, -0.05) is 11.6 Å². The van der Waals surface area contributed by atoms with Crippen molar-refractivity contribution in [1.29, 1.82) is 0 Å². The molecule has 34 heavy (non-hydrogen) atoms. The van der Waals surface area contributed by atoms with Crippen LogP contribution >= 0.6 is 11.6 Å². The Kier molecular flexibility index (Phi) is 6.73. The van der Waals surface area contributed by atoms with Gasteiger partial charge in [-0.25, -0.2) is 17.2 Å². The minimum Gasteiger partial charge on any atom is -0.394 e. The smallest absolute Gasteiger partial charge is 0.255 e. The summed E-state index contributed by atoms with van der Waals surface area (Å²) in [5.41, 5.74) is -1.59. The van der Waals surface area contributed by atoms with Crippen molar-refractivity contribution in [2.75, 3.05) is 11.9 Å². The van der Waals surface area contributed by atoms with Crippen LogP contribution in [0.3, 0.4) is 0 Å². The molecule has 0 aliphatic heterocycles. The first-order chi connectivity index (χ1) is 16.0. The molecule has 0 heterocycles. The van der Waals surface area contributed by atoms with Gasteiger partial charge in [-0.05, 0) is 67.9 Å². The molecule has 1 amide bonds. The van der Waals surface area contributed by atoms with Crippen molar-refractivity contribution in [3.8, 4) is 0 Å². The van der Waals surface area contributed by atoms with E-state index >= 15 is 0 Å². The lowest BCUT2D eigenvalue weighted by Gasteiger charge is -2.44. The summed E-state index contributed by atoms with van der Waals surface area (Å²) in [5.74, 6) is -3.96. The highest BCUT2D eigenvalue weighted by Gasteiger charge is 2.58. The highest BCUT2D eigenvalue weighted by atomic mass is 35.5. The maximum Gasteiger partial charge on any atom is 0.255 e. The molecule has 2 unspecified atom stereocenters. The van der Waals surface area contributed by atoms with Crippen molar-refractivity contribution in [3.63, 3.8) is 0 Å². The van der Waals surface area contributed by atoms with E-state index in [1.165, 1.54) is 18.2 Å². The second-order valence-corrected chi connectivity index (χ2v) is 11.5. The lowest BCUT2D eigenvalue weighted by atomic mass is 9.71. The Morgan fingerprint density at radius 2 is 1.76 bits per heavy atom. The molecule has 2 bridgehead atoms. The molecule has 0 aromatic heterocycles. The number of nitrogens with one attached hydrogen (secondary N) is 1. The Balaban J connectivity index is 1.59. The van der Waals surface area contributed by atoms with Crippen LogP contribution in [0.2, 0.25) is 5.02 Å². The molecular weight excluding hydrogens is 492 g/mol. The van der Waals surface area contributed by atoms with E-state index in [4.69, 9.17) is 11.6 Å². The van der Waals surface area contributed by atoms with Gasteiger partial charge in [-0.15, -0.1) is 0 Å². The van der Waals surface area contributed by atoms with Gasteiger partial charge in [-0.3, -0.25) is 4.79 Å². The molecule has 2 fully saturated rings. The zero-order valence-corrected chi connectivity index (χ0v) is 19.5. The van der Waals surface area contributed by atoms with Crippen LogP contribution in [0.1, 0.15) is 36.0 Å². The molecule has 0 radical (unpaired) electrons. The number of benzene rings is 2. The Morgan fingerprint density at radius 3 is 2.35 bits per heavy atom. The van der Waals surface area contributed by atoms with Gasteiger partial charge in [0.25, 0.3) is 5.91 Å². The van der Waals surface area contributed by atoms with E-state index in [9.17, 15) is 37.3 Å². The van der Waals surface area contributed by atoms with E-state index in [0.717, 1.165) is 18.2 Å². The predicted molar refractivity (Wildman–Crippen MR) is 120 cm³/mol. The molecule has 2 aromatic rings. The number of hydrogen-bond donors (Lipinski definition) is 4. The Morgan fingerprint density at radius 1 is 1.12 bits per heavy atom. The molecular formula is C23H24ClF2NO6S. The summed E-state index contributed by atoms with van der Waals surface area (Å²) < 4.78 is 53.5. The predicted octanol–water partition coefficient (Wildman–Crippen LogP) is 2.92. The number of aliphatic hydroxyl groups is 3. The summed E-state index contributed by atoms with van der Waals surface area (Å²) in [6, 6.07) is 6.56. The van der Waals surface area contributed by atoms with Crippen LogP contribution in [-0.4, -0.2) is 53.2 Å². The van der Waals surface area contributed by atoms with Gasteiger partial charge < -0.3 is 20.6 Å². The topological polar surface area (TPSA) is 124 Å². The first-order valence-electron chi connectivity index (χ1n) is 10.8. The average Bonchev–Trinajstić information content (AvgIpc) is 2.97. The van der Waals surface area contributed by atoms with Crippen LogP contribution in [0.5, 0.6) is 0 Å². The van der Waals surface area contributed by atoms with Gasteiger partial charge in [-0.2, -0.15) is 0 Å². The zero-order valence-electron chi connectivity index (χ0n) is 17.9. The first kappa shape index (κ1) is 25.0. The number of aliphatic hydroxyl groups excluding tert-OH is 2. The number of sulfone groups is 1. The quantitative estimate of drug-likeness (QED) is 0.469. The lowest BCUT2D eigenvalue weighted by molar-refractivity contribution is -0.154. The maximum atomic E-state index is 13.5. The van der Waals surface area contributed by atoms with E-state index in [1.807, 2.05) is 0 Å². The van der Waals surface area contributed by atoms with Gasteiger partial charge in [0, 0.05) is 17.3 Å². The summed E-state index contributed by atoms with van der Waals surface area (Å²) in [5, 5.41) is 31.9. The zero-order chi connectivity index (χ0) is 24.8. The Bertz CT molecular complexity index is 1210. The fourth-order valence-electron chi connectivity index (χ4n) is 5.31. The highest BCUT2D eigenvalue weighted by Crippen LogP contribution is 2.53. The number of fused-ring (bicyclic) bond motifs is 2. The van der Waals surface area contributed by atoms with Crippen molar-refractivity contribution < 1.29 is 37.3 Å². The van der Waals surface area contributed by atoms with Gasteiger partial charge in [0.15, 0.2) is 21.5 Å². The third-order valence-corrected chi connectivity index (χ3v) is 9.74. The second-order valence-electron chi connectivity index (χ2n) is 8.92. The van der Waals surface area contributed by atoms with Crippen LogP contribution < -0.4 is 5.32 Å². The number of amides is 1. The van der Waals surface area contributed by atoms with E-state index in [0.29, 0.717) is 12.8 Å². The number of hydrogen-bond acceptors (Lipinski definition) is 6. The SMILES string of the molecule is O=C(Nc1ccc(F)c(F)c1)c1ccc(Cl)c(S(=O)(=O)C2CC3CCC(C2)C3(O)[C@@H](O)CO)c1. The molecule has 0 saturated heterocycles. The summed E-state index contributed by atoms with van der Waals surface area (Å²) in [6.45, 7) is -0.623. The molecule has 2 aliphatic carbocycles. The molecule has 4 N–H and O–H groups in total. The van der Waals surface area contributed by atoms with Crippen molar-refractivity contribution in [3.05, 3.63) is 58.6 Å². The van der Waals surface area contributed by atoms with E-state index in [1.54, 1.807) is 0 Å². The van der Waals surface area contributed by atoms with Crippen LogP contribution in [-0.2, 0) is 9.84 Å². The van der Waals surface area contributed by atoms with Crippen LogP contribution in [0, 0.1) is 23.5 Å². The molecule has 4 rings (SSSR count). The lowest BCUT2D eigenvalue weighted by Crippen LogP contribution is -2.56.